The normalized spacial score (nSPS) is 15.3. The highest BCUT2D eigenvalue weighted by Gasteiger charge is 2.22. The molecule has 110 valence electrons. The number of carbonyl (C=O) groups excluding carboxylic acids is 1. The molecule has 1 aromatic carbocycles. The Labute approximate surface area is 128 Å². The van der Waals surface area contributed by atoms with E-state index in [1.54, 1.807) is 11.3 Å². The Balaban J connectivity index is 1.78. The van der Waals surface area contributed by atoms with E-state index in [9.17, 15) is 9.90 Å². The quantitative estimate of drug-likeness (QED) is 0.911. The number of fused-ring (bicyclic) bond motifs is 1. The average Bonchev–Trinajstić information content (AvgIpc) is 2.97. The molecule has 2 N–H and O–H groups in total. The van der Waals surface area contributed by atoms with Crippen molar-refractivity contribution in [2.45, 2.75) is 31.7 Å². The number of benzene rings is 1. The van der Waals surface area contributed by atoms with Gasteiger partial charge in [0.05, 0.1) is 18.2 Å². The first-order valence-electron chi connectivity index (χ1n) is 7.35. The van der Waals surface area contributed by atoms with Gasteiger partial charge in [-0.05, 0) is 36.8 Å². The van der Waals surface area contributed by atoms with E-state index in [0.29, 0.717) is 0 Å². The first-order chi connectivity index (χ1) is 10.3. The summed E-state index contributed by atoms with van der Waals surface area (Å²) in [7, 11) is 0. The first kappa shape index (κ1) is 14.3. The molecule has 1 heterocycles. The maximum absolute atomic E-state index is 12.5. The molecule has 0 fully saturated rings. The number of thiophene rings is 1. The van der Waals surface area contributed by atoms with Gasteiger partial charge in [0.25, 0.3) is 5.91 Å². The van der Waals surface area contributed by atoms with Gasteiger partial charge in [-0.15, -0.1) is 11.3 Å². The zero-order chi connectivity index (χ0) is 14.7. The van der Waals surface area contributed by atoms with Crippen LogP contribution in [0.3, 0.4) is 0 Å². The van der Waals surface area contributed by atoms with Crippen molar-refractivity contribution in [1.82, 2.24) is 5.32 Å². The lowest BCUT2D eigenvalue weighted by atomic mass is 9.95. The van der Waals surface area contributed by atoms with Gasteiger partial charge >= 0.3 is 0 Å². The van der Waals surface area contributed by atoms with E-state index in [2.05, 4.69) is 5.32 Å². The fourth-order valence-corrected chi connectivity index (χ4v) is 3.97. The van der Waals surface area contributed by atoms with Gasteiger partial charge in [-0.1, -0.05) is 30.3 Å². The molecule has 1 aliphatic carbocycles. The number of aliphatic hydroxyl groups is 1. The van der Waals surface area contributed by atoms with Gasteiger partial charge in [0.1, 0.15) is 0 Å². The predicted molar refractivity (Wildman–Crippen MR) is 84.7 cm³/mol. The summed E-state index contributed by atoms with van der Waals surface area (Å²) in [5, 5.41) is 14.5. The molecular weight excluding hydrogens is 282 g/mol. The molecule has 0 saturated carbocycles. The lowest BCUT2D eigenvalue weighted by Gasteiger charge is -2.18. The van der Waals surface area contributed by atoms with E-state index >= 15 is 0 Å². The van der Waals surface area contributed by atoms with E-state index in [0.717, 1.165) is 30.4 Å². The summed E-state index contributed by atoms with van der Waals surface area (Å²) in [4.78, 5) is 13.9. The lowest BCUT2D eigenvalue weighted by Crippen LogP contribution is -2.31. The highest BCUT2D eigenvalue weighted by Crippen LogP contribution is 2.30. The second kappa shape index (κ2) is 6.41. The highest BCUT2D eigenvalue weighted by molar-refractivity contribution is 7.10. The molecule has 0 aliphatic heterocycles. The lowest BCUT2D eigenvalue weighted by molar-refractivity contribution is 0.0915. The first-order valence-corrected chi connectivity index (χ1v) is 8.23. The zero-order valence-corrected chi connectivity index (χ0v) is 12.7. The maximum Gasteiger partial charge on any atom is 0.252 e. The van der Waals surface area contributed by atoms with Crippen LogP contribution < -0.4 is 5.32 Å². The van der Waals surface area contributed by atoms with Crippen LogP contribution in [-0.4, -0.2) is 17.6 Å². The van der Waals surface area contributed by atoms with Gasteiger partial charge in [0.15, 0.2) is 0 Å². The second-order valence-electron chi connectivity index (χ2n) is 5.38. The van der Waals surface area contributed by atoms with Crippen LogP contribution in [0, 0.1) is 0 Å². The second-order valence-corrected chi connectivity index (χ2v) is 6.34. The van der Waals surface area contributed by atoms with E-state index in [1.807, 2.05) is 35.7 Å². The molecule has 2 aromatic rings. The van der Waals surface area contributed by atoms with Crippen molar-refractivity contribution >= 4 is 17.2 Å². The van der Waals surface area contributed by atoms with Gasteiger partial charge in [0, 0.05) is 10.3 Å². The van der Waals surface area contributed by atoms with Crippen molar-refractivity contribution in [1.29, 1.82) is 0 Å². The Morgan fingerprint density at radius 3 is 2.76 bits per heavy atom. The molecule has 0 spiro atoms. The minimum Gasteiger partial charge on any atom is -0.394 e. The maximum atomic E-state index is 12.5. The van der Waals surface area contributed by atoms with Crippen molar-refractivity contribution in [3.05, 3.63) is 57.3 Å². The molecule has 0 saturated heterocycles. The fraction of sp³-hybridized carbons (Fsp3) is 0.353. The van der Waals surface area contributed by atoms with Crippen LogP contribution in [0.1, 0.15) is 45.2 Å². The third-order valence-electron chi connectivity index (χ3n) is 4.00. The molecule has 1 atom stereocenters. The van der Waals surface area contributed by atoms with Crippen LogP contribution >= 0.6 is 11.3 Å². The number of aliphatic hydroxyl groups excluding tert-OH is 1. The summed E-state index contributed by atoms with van der Waals surface area (Å²) in [6, 6.07) is 9.24. The van der Waals surface area contributed by atoms with Gasteiger partial charge in [-0.2, -0.15) is 0 Å². The molecule has 4 heteroatoms. The van der Waals surface area contributed by atoms with E-state index in [1.165, 1.54) is 16.9 Å². The number of nitrogens with one attached hydrogen (secondary N) is 1. The largest absolute Gasteiger partial charge is 0.394 e. The summed E-state index contributed by atoms with van der Waals surface area (Å²) < 4.78 is 0. The summed E-state index contributed by atoms with van der Waals surface area (Å²) in [6.45, 7) is -0.0952. The monoisotopic (exact) mass is 301 g/mol. The molecule has 1 aliphatic rings. The van der Waals surface area contributed by atoms with Gasteiger partial charge in [0.2, 0.25) is 0 Å². The van der Waals surface area contributed by atoms with E-state index in [4.69, 9.17) is 0 Å². The Hall–Kier alpha value is -1.65. The van der Waals surface area contributed by atoms with Gasteiger partial charge in [-0.25, -0.2) is 0 Å². The molecule has 3 rings (SSSR count). The van der Waals surface area contributed by atoms with E-state index < -0.39 is 0 Å². The Morgan fingerprint density at radius 2 is 2.00 bits per heavy atom. The van der Waals surface area contributed by atoms with Gasteiger partial charge in [-0.3, -0.25) is 4.79 Å². The minimum absolute atomic E-state index is 0.0719. The van der Waals surface area contributed by atoms with E-state index in [-0.39, 0.29) is 18.6 Å². The Kier molecular flexibility index (Phi) is 4.36. The molecule has 21 heavy (non-hydrogen) atoms. The number of carbonyl (C=O) groups is 1. The SMILES string of the molecule is O=C(NC(CO)c1ccccc1)c1csc2c1CCCC2. The average molecular weight is 301 g/mol. The van der Waals surface area contributed by atoms with Gasteiger partial charge < -0.3 is 10.4 Å². The van der Waals surface area contributed by atoms with Crippen LogP contribution in [-0.2, 0) is 12.8 Å². The molecule has 3 nitrogen and oxygen atoms in total. The van der Waals surface area contributed by atoms with Crippen molar-refractivity contribution in [3.63, 3.8) is 0 Å². The zero-order valence-electron chi connectivity index (χ0n) is 11.8. The fourth-order valence-electron chi connectivity index (χ4n) is 2.84. The number of amides is 1. The number of hydrogen-bond acceptors (Lipinski definition) is 3. The van der Waals surface area contributed by atoms with Crippen LogP contribution in [0.5, 0.6) is 0 Å². The number of rotatable bonds is 4. The molecule has 1 unspecified atom stereocenters. The molecule has 1 amide bonds. The summed E-state index contributed by atoms with van der Waals surface area (Å²) in [5.41, 5.74) is 2.94. The molecule has 1 aromatic heterocycles. The smallest absolute Gasteiger partial charge is 0.252 e. The van der Waals surface area contributed by atoms with Crippen molar-refractivity contribution in [2.24, 2.45) is 0 Å². The van der Waals surface area contributed by atoms with Crippen LogP contribution in [0.15, 0.2) is 35.7 Å². The van der Waals surface area contributed by atoms with Crippen molar-refractivity contribution < 1.29 is 9.90 Å². The predicted octanol–water partition coefficient (Wildman–Crippen LogP) is 3.09. The summed E-state index contributed by atoms with van der Waals surface area (Å²) >= 11 is 1.69. The minimum atomic E-state index is -0.349. The summed E-state index contributed by atoms with van der Waals surface area (Å²) in [6.07, 6.45) is 4.47. The van der Waals surface area contributed by atoms with Crippen molar-refractivity contribution in [3.8, 4) is 0 Å². The van der Waals surface area contributed by atoms with Crippen LogP contribution in [0.25, 0.3) is 0 Å². The summed E-state index contributed by atoms with van der Waals surface area (Å²) in [5.74, 6) is -0.0719. The third kappa shape index (κ3) is 3.01. The van der Waals surface area contributed by atoms with Crippen LogP contribution in [0.4, 0.5) is 0 Å². The number of aryl methyl sites for hydroxylation is 1. The Bertz CT molecular complexity index is 621. The molecule has 0 bridgehead atoms. The molecular formula is C17H19NO2S. The molecule has 0 radical (unpaired) electrons. The number of hydrogen-bond donors (Lipinski definition) is 2. The topological polar surface area (TPSA) is 49.3 Å². The third-order valence-corrected chi connectivity index (χ3v) is 5.08. The Morgan fingerprint density at radius 1 is 1.24 bits per heavy atom. The standard InChI is InChI=1S/C17H19NO2S/c19-10-15(12-6-2-1-3-7-12)18-17(20)14-11-21-16-9-5-4-8-13(14)16/h1-3,6-7,11,15,19H,4-5,8-10H2,(H,18,20). The van der Waals surface area contributed by atoms with Crippen molar-refractivity contribution in [2.75, 3.05) is 6.61 Å². The highest BCUT2D eigenvalue weighted by atomic mass is 32.1. The van der Waals surface area contributed by atoms with Crippen LogP contribution in [0.2, 0.25) is 0 Å².